The second-order valence-corrected chi connectivity index (χ2v) is 6.93. The number of halogens is 2. The molecule has 1 atom stereocenters. The van der Waals surface area contributed by atoms with E-state index in [1.54, 1.807) is 31.3 Å². The van der Waals surface area contributed by atoms with Crippen LogP contribution < -0.4 is 5.32 Å². The van der Waals surface area contributed by atoms with Crippen molar-refractivity contribution in [2.75, 3.05) is 6.61 Å². The Bertz CT molecular complexity index is 1010. The van der Waals surface area contributed by atoms with Gasteiger partial charge in [0, 0.05) is 30.3 Å². The second kappa shape index (κ2) is 8.04. The van der Waals surface area contributed by atoms with Crippen molar-refractivity contribution in [1.82, 2.24) is 25.1 Å². The lowest BCUT2D eigenvalue weighted by molar-refractivity contribution is 0.00554. The number of alkyl halides is 2. The van der Waals surface area contributed by atoms with Crippen LogP contribution in [0.15, 0.2) is 42.9 Å². The molecule has 2 aromatic heterocycles. The Morgan fingerprint density at radius 3 is 2.66 bits per heavy atom. The lowest BCUT2D eigenvalue weighted by atomic mass is 10.0. The molecule has 0 fully saturated rings. The number of carbonyl (C=O) groups excluding carboxylic acids is 1. The highest BCUT2D eigenvalue weighted by molar-refractivity contribution is 5.96. The number of benzene rings is 1. The average Bonchev–Trinajstić information content (AvgIpc) is 3.18. The van der Waals surface area contributed by atoms with Crippen LogP contribution in [0.4, 0.5) is 8.78 Å². The summed E-state index contributed by atoms with van der Waals surface area (Å²) in [7, 11) is 0. The fourth-order valence-electron chi connectivity index (χ4n) is 2.73. The van der Waals surface area contributed by atoms with Gasteiger partial charge in [0.05, 0.1) is 18.0 Å². The van der Waals surface area contributed by atoms with E-state index < -0.39 is 23.7 Å². The Hall–Kier alpha value is -3.20. The van der Waals surface area contributed by atoms with Crippen molar-refractivity contribution >= 4 is 5.91 Å². The lowest BCUT2D eigenvalue weighted by Crippen LogP contribution is -2.35. The van der Waals surface area contributed by atoms with Gasteiger partial charge in [-0.15, -0.1) is 0 Å². The number of aryl methyl sites for hydroxylation is 1. The van der Waals surface area contributed by atoms with E-state index in [-0.39, 0.29) is 17.9 Å². The molecule has 3 rings (SSSR count). The molecule has 1 amide bonds. The first-order chi connectivity index (χ1) is 13.7. The van der Waals surface area contributed by atoms with Crippen LogP contribution in [0, 0.1) is 6.92 Å². The van der Waals surface area contributed by atoms with Crippen LogP contribution in [0.2, 0.25) is 0 Å². The van der Waals surface area contributed by atoms with Gasteiger partial charge in [0.1, 0.15) is 6.33 Å². The fraction of sp³-hybridized carbons (Fsp3) is 0.300. The molecular formula is C20H21F2N5O2. The topological polar surface area (TPSA) is 92.9 Å². The van der Waals surface area contributed by atoms with Crippen LogP contribution in [0.1, 0.15) is 35.6 Å². The monoisotopic (exact) mass is 401 g/mol. The molecule has 0 aliphatic heterocycles. The molecule has 0 saturated heterocycles. The Balaban J connectivity index is 2.14. The molecule has 0 saturated carbocycles. The molecule has 0 aliphatic carbocycles. The fourth-order valence-corrected chi connectivity index (χ4v) is 2.73. The summed E-state index contributed by atoms with van der Waals surface area (Å²) in [6.07, 6.45) is 2.72. The number of rotatable bonds is 6. The van der Waals surface area contributed by atoms with Gasteiger partial charge in [-0.1, -0.05) is 6.07 Å². The van der Waals surface area contributed by atoms with Gasteiger partial charge in [-0.05, 0) is 43.7 Å². The number of hydrogen-bond acceptors (Lipinski definition) is 5. The largest absolute Gasteiger partial charge is 0.394 e. The minimum absolute atomic E-state index is 0.223. The molecule has 0 spiro atoms. The number of aromatic nitrogens is 4. The molecule has 7 nitrogen and oxygen atoms in total. The van der Waals surface area contributed by atoms with Gasteiger partial charge >= 0.3 is 5.92 Å². The van der Waals surface area contributed by atoms with Crippen molar-refractivity contribution in [2.45, 2.75) is 32.7 Å². The van der Waals surface area contributed by atoms with Crippen molar-refractivity contribution in [2.24, 2.45) is 0 Å². The van der Waals surface area contributed by atoms with E-state index in [1.807, 2.05) is 13.0 Å². The SMILES string of the molecule is Cc1ccc(-c2cc(C(=O)N[C@@H](C)CO)cc(-n3ncnc3C(C)(F)F)c2)nc1. The standard InChI is InChI=1S/C20H21F2N5O2/c1-12-4-5-17(23-9-12)14-6-15(18(29)26-13(2)10-28)8-16(7-14)27-19(20(3,21)22)24-11-25-27/h4-9,11,13,28H,10H2,1-3H3,(H,26,29)/t13-/m0/s1. The Kier molecular flexibility index (Phi) is 5.69. The zero-order valence-corrected chi connectivity index (χ0v) is 16.2. The number of aliphatic hydroxyl groups is 1. The summed E-state index contributed by atoms with van der Waals surface area (Å²) in [6, 6.07) is 7.86. The molecule has 9 heteroatoms. The van der Waals surface area contributed by atoms with Gasteiger partial charge in [-0.25, -0.2) is 9.67 Å². The number of nitrogens with zero attached hydrogens (tertiary/aromatic N) is 4. The number of pyridine rings is 1. The smallest absolute Gasteiger partial charge is 0.303 e. The predicted octanol–water partition coefficient (Wildman–Crippen LogP) is 2.86. The number of amides is 1. The molecule has 0 radical (unpaired) electrons. The summed E-state index contributed by atoms with van der Waals surface area (Å²) < 4.78 is 28.9. The van der Waals surface area contributed by atoms with E-state index in [1.165, 1.54) is 6.07 Å². The lowest BCUT2D eigenvalue weighted by Gasteiger charge is -2.15. The molecule has 0 unspecified atom stereocenters. The van der Waals surface area contributed by atoms with Gasteiger partial charge < -0.3 is 10.4 Å². The summed E-state index contributed by atoms with van der Waals surface area (Å²) >= 11 is 0. The van der Waals surface area contributed by atoms with Crippen LogP contribution in [-0.2, 0) is 5.92 Å². The van der Waals surface area contributed by atoms with Crippen LogP contribution in [0.3, 0.4) is 0 Å². The molecule has 29 heavy (non-hydrogen) atoms. The molecule has 3 aromatic rings. The minimum Gasteiger partial charge on any atom is -0.394 e. The zero-order valence-electron chi connectivity index (χ0n) is 16.2. The summed E-state index contributed by atoms with van der Waals surface area (Å²) in [6.45, 7) is 4.05. The van der Waals surface area contributed by atoms with Gasteiger partial charge in [-0.2, -0.15) is 13.9 Å². The molecule has 2 N–H and O–H groups in total. The average molecular weight is 401 g/mol. The van der Waals surface area contributed by atoms with Gasteiger partial charge in [-0.3, -0.25) is 9.78 Å². The first-order valence-electron chi connectivity index (χ1n) is 8.97. The van der Waals surface area contributed by atoms with Crippen LogP contribution in [0.25, 0.3) is 16.9 Å². The minimum atomic E-state index is -3.22. The molecular weight excluding hydrogens is 380 g/mol. The number of aliphatic hydroxyl groups excluding tert-OH is 1. The van der Waals surface area contributed by atoms with Crippen LogP contribution in [0.5, 0.6) is 0 Å². The molecule has 0 bridgehead atoms. The predicted molar refractivity (Wildman–Crippen MR) is 103 cm³/mol. The van der Waals surface area contributed by atoms with E-state index in [0.717, 1.165) is 23.5 Å². The van der Waals surface area contributed by atoms with Gasteiger partial charge in [0.2, 0.25) is 5.82 Å². The third kappa shape index (κ3) is 4.62. The molecule has 2 heterocycles. The van der Waals surface area contributed by atoms with Gasteiger partial charge in [0.15, 0.2) is 0 Å². The highest BCUT2D eigenvalue weighted by Crippen LogP contribution is 2.29. The van der Waals surface area contributed by atoms with Crippen molar-refractivity contribution in [3.63, 3.8) is 0 Å². The third-order valence-corrected chi connectivity index (χ3v) is 4.22. The highest BCUT2D eigenvalue weighted by atomic mass is 19.3. The summed E-state index contributed by atoms with van der Waals surface area (Å²) in [5.41, 5.74) is 2.57. The van der Waals surface area contributed by atoms with E-state index in [2.05, 4.69) is 20.4 Å². The van der Waals surface area contributed by atoms with Crippen LogP contribution >= 0.6 is 0 Å². The van der Waals surface area contributed by atoms with E-state index in [4.69, 9.17) is 0 Å². The van der Waals surface area contributed by atoms with Crippen molar-refractivity contribution in [3.05, 3.63) is 59.8 Å². The summed E-state index contributed by atoms with van der Waals surface area (Å²) in [5, 5.41) is 15.8. The Labute approximate surface area is 166 Å². The van der Waals surface area contributed by atoms with E-state index in [0.29, 0.717) is 11.3 Å². The maximum atomic E-state index is 13.9. The Morgan fingerprint density at radius 2 is 2.03 bits per heavy atom. The maximum absolute atomic E-state index is 13.9. The van der Waals surface area contributed by atoms with Crippen molar-refractivity contribution in [1.29, 1.82) is 0 Å². The summed E-state index contributed by atoms with van der Waals surface area (Å²) in [5.74, 6) is -4.21. The third-order valence-electron chi connectivity index (χ3n) is 4.22. The molecule has 152 valence electrons. The first kappa shape index (κ1) is 20.5. The van der Waals surface area contributed by atoms with Crippen molar-refractivity contribution < 1.29 is 18.7 Å². The second-order valence-electron chi connectivity index (χ2n) is 6.93. The quantitative estimate of drug-likeness (QED) is 0.663. The number of carbonyl (C=O) groups is 1. The maximum Gasteiger partial charge on any atom is 0.303 e. The van der Waals surface area contributed by atoms with Crippen molar-refractivity contribution in [3.8, 4) is 16.9 Å². The normalized spacial score (nSPS) is 12.6. The highest BCUT2D eigenvalue weighted by Gasteiger charge is 2.31. The molecule has 1 aromatic carbocycles. The van der Waals surface area contributed by atoms with E-state index >= 15 is 0 Å². The van der Waals surface area contributed by atoms with Crippen LogP contribution in [-0.4, -0.2) is 43.4 Å². The number of hydrogen-bond donors (Lipinski definition) is 2. The number of nitrogens with one attached hydrogen (secondary N) is 1. The molecule has 0 aliphatic rings. The summed E-state index contributed by atoms with van der Waals surface area (Å²) in [4.78, 5) is 20.6. The Morgan fingerprint density at radius 1 is 1.28 bits per heavy atom. The zero-order chi connectivity index (χ0) is 21.2. The van der Waals surface area contributed by atoms with E-state index in [9.17, 15) is 18.7 Å². The van der Waals surface area contributed by atoms with Gasteiger partial charge in [0.25, 0.3) is 5.91 Å². The first-order valence-corrected chi connectivity index (χ1v) is 8.97.